The lowest BCUT2D eigenvalue weighted by Crippen LogP contribution is -2.44. The first-order chi connectivity index (χ1) is 13.6. The van der Waals surface area contributed by atoms with Crippen molar-refractivity contribution < 1.29 is 4.79 Å². The maximum absolute atomic E-state index is 12.8. The van der Waals surface area contributed by atoms with Crippen LogP contribution in [0.5, 0.6) is 0 Å². The smallest absolute Gasteiger partial charge is 0.253 e. The van der Waals surface area contributed by atoms with E-state index in [2.05, 4.69) is 41.1 Å². The number of carbonyl (C=O) groups excluding carboxylic acids is 1. The molecule has 0 radical (unpaired) electrons. The number of anilines is 1. The topological polar surface area (TPSA) is 39.7 Å². The number of piperazine rings is 1. The monoisotopic (exact) mass is 376 g/mol. The van der Waals surface area contributed by atoms with Gasteiger partial charge < -0.3 is 14.7 Å². The maximum Gasteiger partial charge on any atom is 0.253 e. The summed E-state index contributed by atoms with van der Waals surface area (Å²) in [5.74, 6) is 0.0722. The van der Waals surface area contributed by atoms with E-state index in [1.54, 1.807) is 0 Å². The lowest BCUT2D eigenvalue weighted by molar-refractivity contribution is 0.0773. The molecule has 4 rings (SSSR count). The molecular weight excluding hydrogens is 348 g/mol. The minimum absolute atomic E-state index is 0.0722. The van der Waals surface area contributed by atoms with Gasteiger partial charge in [-0.1, -0.05) is 18.2 Å². The fourth-order valence-corrected chi connectivity index (χ4v) is 4.07. The van der Waals surface area contributed by atoms with Crippen molar-refractivity contribution in [1.29, 1.82) is 0 Å². The van der Waals surface area contributed by atoms with Gasteiger partial charge in [-0.15, -0.1) is 0 Å². The Morgan fingerprint density at radius 1 is 0.964 bits per heavy atom. The van der Waals surface area contributed by atoms with Gasteiger partial charge in [-0.05, 0) is 45.2 Å². The molecule has 5 nitrogen and oxygen atoms in total. The third kappa shape index (κ3) is 3.31. The number of hydrogen-bond donors (Lipinski definition) is 0. The molecule has 28 heavy (non-hydrogen) atoms. The number of rotatable bonds is 4. The molecule has 0 spiro atoms. The van der Waals surface area contributed by atoms with Gasteiger partial charge in [0, 0.05) is 55.6 Å². The summed E-state index contributed by atoms with van der Waals surface area (Å²) >= 11 is 0. The molecular formula is C23H28N4O. The van der Waals surface area contributed by atoms with Crippen molar-refractivity contribution in [3.8, 4) is 0 Å². The van der Waals surface area contributed by atoms with E-state index in [1.165, 1.54) is 11.1 Å². The zero-order valence-corrected chi connectivity index (χ0v) is 17.0. The number of likely N-dealkylation sites (N-methyl/N-ethyl adjacent to an activating group) is 1. The molecule has 0 bridgehead atoms. The second-order valence-electron chi connectivity index (χ2n) is 7.48. The summed E-state index contributed by atoms with van der Waals surface area (Å²) in [6, 6.07) is 14.3. The average molecular weight is 377 g/mol. The Morgan fingerprint density at radius 3 is 2.36 bits per heavy atom. The van der Waals surface area contributed by atoms with Crippen LogP contribution >= 0.6 is 0 Å². The fourth-order valence-electron chi connectivity index (χ4n) is 4.07. The molecule has 5 heteroatoms. The molecule has 0 saturated carbocycles. The molecule has 3 aromatic rings. The highest BCUT2D eigenvalue weighted by molar-refractivity contribution is 6.09. The molecule has 0 atom stereocenters. The predicted molar refractivity (Wildman–Crippen MR) is 116 cm³/mol. The number of hydrogen-bond acceptors (Lipinski definition) is 4. The number of fused-ring (bicyclic) bond motifs is 2. The van der Waals surface area contributed by atoms with Gasteiger partial charge in [0.25, 0.3) is 5.91 Å². The summed E-state index contributed by atoms with van der Waals surface area (Å²) in [5.41, 5.74) is 3.83. The van der Waals surface area contributed by atoms with Crippen LogP contribution in [0.3, 0.4) is 0 Å². The molecule has 1 aliphatic heterocycles. The standard InChI is InChI=1S/C23H28N4O/c1-4-26(5-2)23(28)17-10-11-19-21(16-17)24-20-9-7-6-8-18(20)22(19)27-14-12-25(3)13-15-27/h6-11,16H,4-5,12-15H2,1-3H3. The molecule has 0 N–H and O–H groups in total. The van der Waals surface area contributed by atoms with E-state index in [0.29, 0.717) is 18.7 Å². The number of para-hydroxylation sites is 1. The Hall–Kier alpha value is -2.66. The van der Waals surface area contributed by atoms with Crippen LogP contribution in [0.4, 0.5) is 5.69 Å². The summed E-state index contributed by atoms with van der Waals surface area (Å²) in [6.45, 7) is 9.56. The second-order valence-corrected chi connectivity index (χ2v) is 7.48. The molecule has 146 valence electrons. The van der Waals surface area contributed by atoms with E-state index in [9.17, 15) is 4.79 Å². The van der Waals surface area contributed by atoms with E-state index in [0.717, 1.165) is 42.6 Å². The summed E-state index contributed by atoms with van der Waals surface area (Å²) in [7, 11) is 2.17. The van der Waals surface area contributed by atoms with Crippen molar-refractivity contribution in [2.75, 3.05) is 51.2 Å². The van der Waals surface area contributed by atoms with Crippen LogP contribution in [0.1, 0.15) is 24.2 Å². The van der Waals surface area contributed by atoms with E-state index in [1.807, 2.05) is 36.9 Å². The van der Waals surface area contributed by atoms with Gasteiger partial charge in [0.15, 0.2) is 0 Å². The zero-order chi connectivity index (χ0) is 19.7. The molecule has 1 aromatic heterocycles. The van der Waals surface area contributed by atoms with Gasteiger partial charge in [-0.3, -0.25) is 4.79 Å². The van der Waals surface area contributed by atoms with Crippen LogP contribution in [-0.4, -0.2) is 67.0 Å². The van der Waals surface area contributed by atoms with Gasteiger partial charge in [-0.2, -0.15) is 0 Å². The highest BCUT2D eigenvalue weighted by atomic mass is 16.2. The summed E-state index contributed by atoms with van der Waals surface area (Å²) < 4.78 is 0. The Balaban J connectivity index is 1.87. The lowest BCUT2D eigenvalue weighted by atomic mass is 10.0. The summed E-state index contributed by atoms with van der Waals surface area (Å²) in [6.07, 6.45) is 0. The van der Waals surface area contributed by atoms with Crippen molar-refractivity contribution in [1.82, 2.24) is 14.8 Å². The van der Waals surface area contributed by atoms with Crippen molar-refractivity contribution in [2.24, 2.45) is 0 Å². The second kappa shape index (κ2) is 7.76. The van der Waals surface area contributed by atoms with E-state index in [-0.39, 0.29) is 5.91 Å². The highest BCUT2D eigenvalue weighted by Crippen LogP contribution is 2.34. The zero-order valence-electron chi connectivity index (χ0n) is 17.0. The van der Waals surface area contributed by atoms with E-state index < -0.39 is 0 Å². The molecule has 1 amide bonds. The number of pyridine rings is 1. The molecule has 1 fully saturated rings. The van der Waals surface area contributed by atoms with Crippen LogP contribution in [0.2, 0.25) is 0 Å². The molecule has 1 saturated heterocycles. The summed E-state index contributed by atoms with van der Waals surface area (Å²) in [5, 5.41) is 2.31. The molecule has 0 aliphatic carbocycles. The Bertz CT molecular complexity index is 1000. The third-order valence-electron chi connectivity index (χ3n) is 5.77. The number of nitrogens with zero attached hydrogens (tertiary/aromatic N) is 4. The first kappa shape index (κ1) is 18.7. The quantitative estimate of drug-likeness (QED) is 0.652. The molecule has 2 heterocycles. The molecule has 2 aromatic carbocycles. The Kier molecular flexibility index (Phi) is 5.18. The van der Waals surface area contributed by atoms with Crippen LogP contribution in [-0.2, 0) is 0 Å². The Morgan fingerprint density at radius 2 is 1.64 bits per heavy atom. The Labute approximate surface area is 166 Å². The van der Waals surface area contributed by atoms with Crippen LogP contribution in [0.25, 0.3) is 21.8 Å². The van der Waals surface area contributed by atoms with Gasteiger partial charge in [0.05, 0.1) is 16.7 Å². The van der Waals surface area contributed by atoms with E-state index in [4.69, 9.17) is 4.98 Å². The summed E-state index contributed by atoms with van der Waals surface area (Å²) in [4.78, 5) is 24.4. The maximum atomic E-state index is 12.8. The normalized spacial score (nSPS) is 15.3. The van der Waals surface area contributed by atoms with Gasteiger partial charge in [0.1, 0.15) is 0 Å². The number of aromatic nitrogens is 1. The predicted octanol–water partition coefficient (Wildman–Crippen LogP) is 3.62. The van der Waals surface area contributed by atoms with Crippen LogP contribution in [0, 0.1) is 0 Å². The number of amides is 1. The van der Waals surface area contributed by atoms with Crippen molar-refractivity contribution in [3.05, 3.63) is 48.0 Å². The third-order valence-corrected chi connectivity index (χ3v) is 5.77. The van der Waals surface area contributed by atoms with Gasteiger partial charge >= 0.3 is 0 Å². The van der Waals surface area contributed by atoms with Crippen molar-refractivity contribution >= 4 is 33.4 Å². The van der Waals surface area contributed by atoms with Gasteiger partial charge in [0.2, 0.25) is 0 Å². The SMILES string of the molecule is CCN(CC)C(=O)c1ccc2c(N3CCN(C)CC3)c3ccccc3nc2c1. The largest absolute Gasteiger partial charge is 0.368 e. The van der Waals surface area contributed by atoms with Crippen molar-refractivity contribution in [2.45, 2.75) is 13.8 Å². The lowest BCUT2D eigenvalue weighted by Gasteiger charge is -2.35. The molecule has 1 aliphatic rings. The van der Waals surface area contributed by atoms with E-state index >= 15 is 0 Å². The van der Waals surface area contributed by atoms with Crippen molar-refractivity contribution in [3.63, 3.8) is 0 Å². The minimum atomic E-state index is 0.0722. The minimum Gasteiger partial charge on any atom is -0.368 e. The first-order valence-corrected chi connectivity index (χ1v) is 10.2. The highest BCUT2D eigenvalue weighted by Gasteiger charge is 2.21. The number of benzene rings is 2. The van der Waals surface area contributed by atoms with Gasteiger partial charge in [-0.25, -0.2) is 4.98 Å². The fraction of sp³-hybridized carbons (Fsp3) is 0.391. The molecule has 0 unspecified atom stereocenters. The van der Waals surface area contributed by atoms with Crippen LogP contribution < -0.4 is 4.90 Å². The first-order valence-electron chi connectivity index (χ1n) is 10.2. The number of carbonyl (C=O) groups is 1. The van der Waals surface area contributed by atoms with Crippen LogP contribution in [0.15, 0.2) is 42.5 Å². The average Bonchev–Trinajstić information content (AvgIpc) is 2.73.